The lowest BCUT2D eigenvalue weighted by atomic mass is 10.1. The number of pyridine rings is 1. The largest absolute Gasteiger partial charge is 0.379 e. The lowest BCUT2D eigenvalue weighted by Gasteiger charge is -2.26. The number of hydrogen-bond acceptors (Lipinski definition) is 5. The SMILES string of the molecule is N#Cc1ccc(NCc2ccc(CN3CCOCC3)cc2)nc1. The number of anilines is 1. The van der Waals surface area contributed by atoms with Crippen molar-refractivity contribution in [3.05, 3.63) is 59.3 Å². The smallest absolute Gasteiger partial charge is 0.126 e. The van der Waals surface area contributed by atoms with E-state index in [1.54, 1.807) is 12.3 Å². The van der Waals surface area contributed by atoms with Crippen molar-refractivity contribution in [3.63, 3.8) is 0 Å². The summed E-state index contributed by atoms with van der Waals surface area (Å²) in [5.74, 6) is 0.779. The molecule has 1 aromatic heterocycles. The molecular formula is C18H20N4O. The number of aromatic nitrogens is 1. The van der Waals surface area contributed by atoms with E-state index in [1.165, 1.54) is 11.1 Å². The van der Waals surface area contributed by atoms with Crippen LogP contribution in [0.2, 0.25) is 0 Å². The van der Waals surface area contributed by atoms with Crippen molar-refractivity contribution >= 4 is 5.82 Å². The van der Waals surface area contributed by atoms with Gasteiger partial charge in [-0.3, -0.25) is 4.90 Å². The number of nitrogens with one attached hydrogen (secondary N) is 1. The third-order valence-corrected chi connectivity index (χ3v) is 3.90. The molecule has 0 bridgehead atoms. The molecule has 1 saturated heterocycles. The number of hydrogen-bond donors (Lipinski definition) is 1. The van der Waals surface area contributed by atoms with E-state index in [0.717, 1.165) is 45.2 Å². The summed E-state index contributed by atoms with van der Waals surface area (Å²) in [4.78, 5) is 6.62. The Bertz CT molecular complexity index is 655. The number of nitriles is 1. The van der Waals surface area contributed by atoms with Gasteiger partial charge in [0.15, 0.2) is 0 Å². The van der Waals surface area contributed by atoms with E-state index in [2.05, 4.69) is 45.5 Å². The highest BCUT2D eigenvalue weighted by atomic mass is 16.5. The summed E-state index contributed by atoms with van der Waals surface area (Å²) < 4.78 is 5.37. The number of rotatable bonds is 5. The van der Waals surface area contributed by atoms with Crippen LogP contribution in [0, 0.1) is 11.3 Å². The third kappa shape index (κ3) is 4.52. The Morgan fingerprint density at radius 3 is 2.48 bits per heavy atom. The van der Waals surface area contributed by atoms with E-state index in [-0.39, 0.29) is 0 Å². The molecule has 5 nitrogen and oxygen atoms in total. The molecular weight excluding hydrogens is 288 g/mol. The lowest BCUT2D eigenvalue weighted by molar-refractivity contribution is 0.0342. The van der Waals surface area contributed by atoms with E-state index >= 15 is 0 Å². The molecule has 2 aromatic rings. The van der Waals surface area contributed by atoms with Crippen LogP contribution in [-0.4, -0.2) is 36.2 Å². The Hall–Kier alpha value is -2.42. The van der Waals surface area contributed by atoms with E-state index in [4.69, 9.17) is 10.00 Å². The molecule has 1 aromatic carbocycles. The van der Waals surface area contributed by atoms with Crippen molar-refractivity contribution in [1.82, 2.24) is 9.88 Å². The normalized spacial score (nSPS) is 15.1. The number of nitrogens with zero attached hydrogens (tertiary/aromatic N) is 3. The average Bonchev–Trinajstić information content (AvgIpc) is 2.62. The zero-order chi connectivity index (χ0) is 15.9. The molecule has 1 N–H and O–H groups in total. The van der Waals surface area contributed by atoms with Crippen LogP contribution in [0.1, 0.15) is 16.7 Å². The highest BCUT2D eigenvalue weighted by Gasteiger charge is 2.10. The predicted molar refractivity (Wildman–Crippen MR) is 88.8 cm³/mol. The first kappa shape index (κ1) is 15.5. The predicted octanol–water partition coefficient (Wildman–Crippen LogP) is 2.40. The minimum absolute atomic E-state index is 0.572. The molecule has 118 valence electrons. The fourth-order valence-corrected chi connectivity index (χ4v) is 2.54. The Morgan fingerprint density at radius 2 is 1.83 bits per heavy atom. The van der Waals surface area contributed by atoms with Crippen molar-refractivity contribution in [2.24, 2.45) is 0 Å². The lowest BCUT2D eigenvalue weighted by Crippen LogP contribution is -2.35. The molecule has 23 heavy (non-hydrogen) atoms. The zero-order valence-electron chi connectivity index (χ0n) is 13.0. The zero-order valence-corrected chi connectivity index (χ0v) is 13.0. The molecule has 0 radical (unpaired) electrons. The van der Waals surface area contributed by atoms with Gasteiger partial charge in [0.2, 0.25) is 0 Å². The van der Waals surface area contributed by atoms with Crippen LogP contribution in [-0.2, 0) is 17.8 Å². The summed E-state index contributed by atoms with van der Waals surface area (Å²) in [6.07, 6.45) is 1.58. The van der Waals surface area contributed by atoms with Crippen molar-refractivity contribution in [2.75, 3.05) is 31.6 Å². The first-order valence-corrected chi connectivity index (χ1v) is 7.81. The maximum Gasteiger partial charge on any atom is 0.126 e. The van der Waals surface area contributed by atoms with Gasteiger partial charge in [0.1, 0.15) is 11.9 Å². The quantitative estimate of drug-likeness (QED) is 0.919. The van der Waals surface area contributed by atoms with Crippen LogP contribution in [0.4, 0.5) is 5.82 Å². The second-order valence-corrected chi connectivity index (χ2v) is 5.60. The van der Waals surface area contributed by atoms with E-state index in [0.29, 0.717) is 5.56 Å². The second kappa shape index (κ2) is 7.73. The summed E-state index contributed by atoms with van der Waals surface area (Å²) in [7, 11) is 0. The summed E-state index contributed by atoms with van der Waals surface area (Å²) >= 11 is 0. The summed E-state index contributed by atoms with van der Waals surface area (Å²) in [5.41, 5.74) is 3.11. The van der Waals surface area contributed by atoms with Gasteiger partial charge in [-0.1, -0.05) is 24.3 Å². The molecule has 1 fully saturated rings. The minimum atomic E-state index is 0.572. The molecule has 0 amide bonds. The number of morpholine rings is 1. The van der Waals surface area contributed by atoms with Crippen LogP contribution in [0.25, 0.3) is 0 Å². The maximum atomic E-state index is 8.76. The van der Waals surface area contributed by atoms with Gasteiger partial charge in [-0.05, 0) is 23.3 Å². The van der Waals surface area contributed by atoms with Crippen LogP contribution >= 0.6 is 0 Å². The molecule has 0 aliphatic carbocycles. The third-order valence-electron chi connectivity index (χ3n) is 3.90. The van der Waals surface area contributed by atoms with Gasteiger partial charge in [-0.15, -0.1) is 0 Å². The van der Waals surface area contributed by atoms with Gasteiger partial charge in [0, 0.05) is 32.4 Å². The molecule has 0 saturated carbocycles. The molecule has 5 heteroatoms. The monoisotopic (exact) mass is 308 g/mol. The first-order chi connectivity index (χ1) is 11.3. The van der Waals surface area contributed by atoms with Gasteiger partial charge < -0.3 is 10.1 Å². The average molecular weight is 308 g/mol. The highest BCUT2D eigenvalue weighted by molar-refractivity contribution is 5.39. The van der Waals surface area contributed by atoms with Crippen molar-refractivity contribution in [2.45, 2.75) is 13.1 Å². The van der Waals surface area contributed by atoms with Crippen molar-refractivity contribution in [3.8, 4) is 6.07 Å². The topological polar surface area (TPSA) is 61.2 Å². The minimum Gasteiger partial charge on any atom is -0.379 e. The first-order valence-electron chi connectivity index (χ1n) is 7.81. The van der Waals surface area contributed by atoms with Crippen LogP contribution in [0.3, 0.4) is 0 Å². The highest BCUT2D eigenvalue weighted by Crippen LogP contribution is 2.11. The molecule has 1 aliphatic rings. The Kier molecular flexibility index (Phi) is 5.20. The Balaban J connectivity index is 1.51. The van der Waals surface area contributed by atoms with Crippen molar-refractivity contribution in [1.29, 1.82) is 5.26 Å². The van der Waals surface area contributed by atoms with Gasteiger partial charge in [-0.2, -0.15) is 5.26 Å². The van der Waals surface area contributed by atoms with Crippen LogP contribution < -0.4 is 5.32 Å². The number of benzene rings is 1. The standard InChI is InChI=1S/C18H20N4O/c19-11-17-5-6-18(21-13-17)20-12-15-1-3-16(4-2-15)14-22-7-9-23-10-8-22/h1-6,13H,7-10,12,14H2,(H,20,21). The molecule has 2 heterocycles. The summed E-state index contributed by atoms with van der Waals surface area (Å²) in [5, 5.41) is 12.0. The van der Waals surface area contributed by atoms with Gasteiger partial charge in [0.05, 0.1) is 18.8 Å². The van der Waals surface area contributed by atoms with E-state index < -0.39 is 0 Å². The fraction of sp³-hybridized carbons (Fsp3) is 0.333. The number of ether oxygens (including phenoxy) is 1. The molecule has 3 rings (SSSR count). The van der Waals surface area contributed by atoms with Crippen LogP contribution in [0.5, 0.6) is 0 Å². The van der Waals surface area contributed by atoms with Crippen LogP contribution in [0.15, 0.2) is 42.6 Å². The van der Waals surface area contributed by atoms with E-state index in [9.17, 15) is 0 Å². The van der Waals surface area contributed by atoms with E-state index in [1.807, 2.05) is 6.07 Å². The van der Waals surface area contributed by atoms with Gasteiger partial charge in [0.25, 0.3) is 0 Å². The summed E-state index contributed by atoms with van der Waals surface area (Å²) in [6.45, 7) is 5.38. The molecule has 0 spiro atoms. The second-order valence-electron chi connectivity index (χ2n) is 5.60. The van der Waals surface area contributed by atoms with Crippen molar-refractivity contribution < 1.29 is 4.74 Å². The van der Waals surface area contributed by atoms with Gasteiger partial charge in [-0.25, -0.2) is 4.98 Å². The molecule has 0 unspecified atom stereocenters. The fourth-order valence-electron chi connectivity index (χ4n) is 2.54. The summed E-state index contributed by atoms with van der Waals surface area (Å²) in [6, 6.07) is 14.3. The Morgan fingerprint density at radius 1 is 1.09 bits per heavy atom. The Labute approximate surface area is 136 Å². The molecule has 0 atom stereocenters. The molecule has 1 aliphatic heterocycles. The van der Waals surface area contributed by atoms with Gasteiger partial charge >= 0.3 is 0 Å². The maximum absolute atomic E-state index is 8.76.